The predicted molar refractivity (Wildman–Crippen MR) is 74.1 cm³/mol. The molecule has 2 aliphatic carbocycles. The fourth-order valence-electron chi connectivity index (χ4n) is 3.63. The van der Waals surface area contributed by atoms with Gasteiger partial charge in [0.25, 0.3) is 0 Å². The summed E-state index contributed by atoms with van der Waals surface area (Å²) in [6.07, 6.45) is 8.03. The SMILES string of the molecule is CC1(C)CCCC1NC(=O)C1CCCC(CN)C1. The van der Waals surface area contributed by atoms with Gasteiger partial charge in [0.1, 0.15) is 0 Å². The van der Waals surface area contributed by atoms with Crippen LogP contribution in [-0.4, -0.2) is 18.5 Å². The van der Waals surface area contributed by atoms with E-state index in [9.17, 15) is 4.79 Å². The van der Waals surface area contributed by atoms with Crippen LogP contribution in [-0.2, 0) is 4.79 Å². The van der Waals surface area contributed by atoms with Crippen molar-refractivity contribution in [3.63, 3.8) is 0 Å². The van der Waals surface area contributed by atoms with Gasteiger partial charge in [-0.1, -0.05) is 26.7 Å². The molecule has 0 bridgehead atoms. The van der Waals surface area contributed by atoms with Gasteiger partial charge < -0.3 is 11.1 Å². The Balaban J connectivity index is 1.87. The molecule has 2 rings (SSSR count). The number of nitrogens with one attached hydrogen (secondary N) is 1. The van der Waals surface area contributed by atoms with Gasteiger partial charge >= 0.3 is 0 Å². The lowest BCUT2D eigenvalue weighted by molar-refractivity contribution is -0.127. The topological polar surface area (TPSA) is 55.1 Å². The van der Waals surface area contributed by atoms with Gasteiger partial charge in [-0.05, 0) is 50.0 Å². The average molecular weight is 252 g/mol. The van der Waals surface area contributed by atoms with E-state index in [0.717, 1.165) is 32.2 Å². The van der Waals surface area contributed by atoms with E-state index in [0.29, 0.717) is 12.0 Å². The summed E-state index contributed by atoms with van der Waals surface area (Å²) in [6.45, 7) is 5.28. The minimum absolute atomic E-state index is 0.212. The van der Waals surface area contributed by atoms with Crippen LogP contribution in [0.15, 0.2) is 0 Å². The minimum Gasteiger partial charge on any atom is -0.353 e. The molecule has 0 heterocycles. The van der Waals surface area contributed by atoms with E-state index in [2.05, 4.69) is 19.2 Å². The summed E-state index contributed by atoms with van der Waals surface area (Å²) in [5, 5.41) is 3.30. The van der Waals surface area contributed by atoms with Crippen LogP contribution >= 0.6 is 0 Å². The zero-order valence-electron chi connectivity index (χ0n) is 11.9. The number of hydrogen-bond donors (Lipinski definition) is 2. The van der Waals surface area contributed by atoms with Gasteiger partial charge in [0.05, 0.1) is 0 Å². The monoisotopic (exact) mass is 252 g/mol. The normalized spacial score (nSPS) is 35.4. The molecule has 2 fully saturated rings. The molecule has 3 atom stereocenters. The first-order valence-corrected chi connectivity index (χ1v) is 7.53. The second-order valence-electron chi connectivity index (χ2n) is 6.91. The van der Waals surface area contributed by atoms with E-state index in [4.69, 9.17) is 5.73 Å². The number of nitrogens with two attached hydrogens (primary N) is 1. The molecule has 1 amide bonds. The maximum absolute atomic E-state index is 12.4. The molecule has 3 N–H and O–H groups in total. The highest BCUT2D eigenvalue weighted by Crippen LogP contribution is 2.38. The lowest BCUT2D eigenvalue weighted by Crippen LogP contribution is -2.45. The Morgan fingerprint density at radius 3 is 2.67 bits per heavy atom. The highest BCUT2D eigenvalue weighted by Gasteiger charge is 2.37. The zero-order chi connectivity index (χ0) is 13.2. The summed E-state index contributed by atoms with van der Waals surface area (Å²) in [5.41, 5.74) is 6.02. The van der Waals surface area contributed by atoms with Gasteiger partial charge in [-0.25, -0.2) is 0 Å². The lowest BCUT2D eigenvalue weighted by atomic mass is 9.80. The van der Waals surface area contributed by atoms with Crippen LogP contribution in [0.5, 0.6) is 0 Å². The van der Waals surface area contributed by atoms with Gasteiger partial charge in [-0.15, -0.1) is 0 Å². The molecule has 0 saturated heterocycles. The molecule has 2 aliphatic rings. The van der Waals surface area contributed by atoms with Crippen LogP contribution in [0.3, 0.4) is 0 Å². The molecule has 0 aromatic carbocycles. The average Bonchev–Trinajstić information content (AvgIpc) is 2.69. The van der Waals surface area contributed by atoms with E-state index in [1.807, 2.05) is 0 Å². The third-order valence-corrected chi connectivity index (χ3v) is 5.06. The molecule has 0 aromatic rings. The first-order valence-electron chi connectivity index (χ1n) is 7.53. The van der Waals surface area contributed by atoms with Crippen molar-refractivity contribution in [2.75, 3.05) is 6.54 Å². The highest BCUT2D eigenvalue weighted by molar-refractivity contribution is 5.79. The number of carbonyl (C=O) groups excluding carboxylic acids is 1. The predicted octanol–water partition coefficient (Wildman–Crippen LogP) is 2.45. The number of hydrogen-bond acceptors (Lipinski definition) is 2. The Morgan fingerprint density at radius 1 is 1.28 bits per heavy atom. The van der Waals surface area contributed by atoms with E-state index >= 15 is 0 Å². The molecule has 0 spiro atoms. The van der Waals surface area contributed by atoms with Crippen molar-refractivity contribution in [2.45, 2.75) is 64.8 Å². The number of carbonyl (C=O) groups is 1. The van der Waals surface area contributed by atoms with E-state index in [1.165, 1.54) is 19.3 Å². The fourth-order valence-corrected chi connectivity index (χ4v) is 3.63. The molecular weight excluding hydrogens is 224 g/mol. The second-order valence-corrected chi connectivity index (χ2v) is 6.91. The van der Waals surface area contributed by atoms with Crippen LogP contribution in [0.25, 0.3) is 0 Å². The minimum atomic E-state index is 0.212. The third-order valence-electron chi connectivity index (χ3n) is 5.06. The van der Waals surface area contributed by atoms with Crippen LogP contribution in [0.2, 0.25) is 0 Å². The zero-order valence-corrected chi connectivity index (χ0v) is 11.9. The van der Waals surface area contributed by atoms with Crippen molar-refractivity contribution < 1.29 is 4.79 Å². The van der Waals surface area contributed by atoms with Crippen LogP contribution in [0.1, 0.15) is 58.8 Å². The Kier molecular flexibility index (Phi) is 4.31. The van der Waals surface area contributed by atoms with Crippen molar-refractivity contribution >= 4 is 5.91 Å². The second kappa shape index (κ2) is 5.60. The van der Waals surface area contributed by atoms with Crippen molar-refractivity contribution in [3.8, 4) is 0 Å². The quantitative estimate of drug-likeness (QED) is 0.810. The summed E-state index contributed by atoms with van der Waals surface area (Å²) >= 11 is 0. The molecular formula is C15H28N2O. The Bertz CT molecular complexity index is 301. The van der Waals surface area contributed by atoms with Crippen molar-refractivity contribution in [1.29, 1.82) is 0 Å². The summed E-state index contributed by atoms with van der Waals surface area (Å²) in [7, 11) is 0. The molecule has 2 saturated carbocycles. The van der Waals surface area contributed by atoms with Gasteiger partial charge in [0, 0.05) is 12.0 Å². The van der Waals surface area contributed by atoms with E-state index in [-0.39, 0.29) is 17.2 Å². The Hall–Kier alpha value is -0.570. The van der Waals surface area contributed by atoms with Crippen LogP contribution in [0, 0.1) is 17.3 Å². The number of rotatable bonds is 3. The molecule has 3 unspecified atom stereocenters. The van der Waals surface area contributed by atoms with Crippen LogP contribution in [0.4, 0.5) is 0 Å². The Morgan fingerprint density at radius 2 is 2.06 bits per heavy atom. The number of amides is 1. The van der Waals surface area contributed by atoms with Crippen molar-refractivity contribution in [2.24, 2.45) is 23.0 Å². The highest BCUT2D eigenvalue weighted by atomic mass is 16.1. The molecule has 0 aliphatic heterocycles. The fraction of sp³-hybridized carbons (Fsp3) is 0.933. The molecule has 0 aromatic heterocycles. The van der Waals surface area contributed by atoms with Gasteiger partial charge in [-0.2, -0.15) is 0 Å². The van der Waals surface area contributed by atoms with Gasteiger partial charge in [-0.3, -0.25) is 4.79 Å². The first-order chi connectivity index (χ1) is 8.53. The molecule has 3 heteroatoms. The maximum atomic E-state index is 12.4. The maximum Gasteiger partial charge on any atom is 0.223 e. The molecule has 0 radical (unpaired) electrons. The molecule has 104 valence electrons. The summed E-state index contributed by atoms with van der Waals surface area (Å²) in [5.74, 6) is 1.06. The summed E-state index contributed by atoms with van der Waals surface area (Å²) in [6, 6.07) is 0.378. The van der Waals surface area contributed by atoms with Crippen molar-refractivity contribution in [1.82, 2.24) is 5.32 Å². The lowest BCUT2D eigenvalue weighted by Gasteiger charge is -2.32. The molecule has 3 nitrogen and oxygen atoms in total. The standard InChI is InChI=1S/C15H28N2O/c1-15(2)8-4-7-13(15)17-14(18)12-6-3-5-11(9-12)10-16/h11-13H,3-10,16H2,1-2H3,(H,17,18). The van der Waals surface area contributed by atoms with E-state index < -0.39 is 0 Å². The summed E-state index contributed by atoms with van der Waals surface area (Å²) < 4.78 is 0. The van der Waals surface area contributed by atoms with E-state index in [1.54, 1.807) is 0 Å². The van der Waals surface area contributed by atoms with Gasteiger partial charge in [0.2, 0.25) is 5.91 Å². The molecule has 18 heavy (non-hydrogen) atoms. The smallest absolute Gasteiger partial charge is 0.223 e. The third kappa shape index (κ3) is 3.05. The largest absolute Gasteiger partial charge is 0.353 e. The van der Waals surface area contributed by atoms with Crippen molar-refractivity contribution in [3.05, 3.63) is 0 Å². The van der Waals surface area contributed by atoms with Gasteiger partial charge in [0.15, 0.2) is 0 Å². The Labute approximate surface area is 111 Å². The van der Waals surface area contributed by atoms with Crippen LogP contribution < -0.4 is 11.1 Å². The first kappa shape index (κ1) is 13.9. The summed E-state index contributed by atoms with van der Waals surface area (Å²) in [4.78, 5) is 12.4.